The summed E-state index contributed by atoms with van der Waals surface area (Å²) in [5, 5.41) is 0. The Balaban J connectivity index is 2.05. The van der Waals surface area contributed by atoms with E-state index in [9.17, 15) is 18.0 Å². The standard InChI is InChI=1S/C15H10BrF3O/c16-11-4-2-10(3-5-11)14(20)6-1-9-7-12(17)15(19)13(18)8-9/h2-5,7-8H,1,6H2. The van der Waals surface area contributed by atoms with Crippen LogP contribution in [-0.4, -0.2) is 5.78 Å². The van der Waals surface area contributed by atoms with E-state index in [1.54, 1.807) is 24.3 Å². The van der Waals surface area contributed by atoms with Crippen molar-refractivity contribution in [3.05, 3.63) is 69.4 Å². The van der Waals surface area contributed by atoms with E-state index in [0.717, 1.165) is 16.6 Å². The number of carbonyl (C=O) groups excluding carboxylic acids is 1. The van der Waals surface area contributed by atoms with Gasteiger partial charge in [0.25, 0.3) is 0 Å². The van der Waals surface area contributed by atoms with E-state index in [0.29, 0.717) is 5.56 Å². The van der Waals surface area contributed by atoms with Gasteiger partial charge in [0, 0.05) is 16.5 Å². The molecule has 2 aromatic carbocycles. The van der Waals surface area contributed by atoms with Gasteiger partial charge in [0.15, 0.2) is 23.2 Å². The molecule has 0 radical (unpaired) electrons. The molecular formula is C15H10BrF3O. The summed E-state index contributed by atoms with van der Waals surface area (Å²) >= 11 is 3.26. The minimum absolute atomic E-state index is 0.103. The number of halogens is 4. The SMILES string of the molecule is O=C(CCc1cc(F)c(F)c(F)c1)c1ccc(Br)cc1. The number of hydrogen-bond acceptors (Lipinski definition) is 1. The molecule has 20 heavy (non-hydrogen) atoms. The molecule has 5 heteroatoms. The maximum atomic E-state index is 13.0. The Kier molecular flexibility index (Phi) is 4.60. The lowest BCUT2D eigenvalue weighted by Crippen LogP contribution is -2.02. The molecule has 0 amide bonds. The van der Waals surface area contributed by atoms with Crippen LogP contribution in [0.15, 0.2) is 40.9 Å². The number of carbonyl (C=O) groups is 1. The van der Waals surface area contributed by atoms with E-state index in [-0.39, 0.29) is 24.2 Å². The highest BCUT2D eigenvalue weighted by Gasteiger charge is 2.12. The molecule has 2 rings (SSSR count). The average Bonchev–Trinajstić information content (AvgIpc) is 2.42. The molecule has 0 aromatic heterocycles. The van der Waals surface area contributed by atoms with Crippen molar-refractivity contribution in [2.24, 2.45) is 0 Å². The summed E-state index contributed by atoms with van der Waals surface area (Å²) < 4.78 is 39.7. The second kappa shape index (κ2) is 6.22. The number of hydrogen-bond donors (Lipinski definition) is 0. The zero-order valence-corrected chi connectivity index (χ0v) is 11.9. The van der Waals surface area contributed by atoms with Crippen LogP contribution in [0.2, 0.25) is 0 Å². The summed E-state index contributed by atoms with van der Waals surface area (Å²) in [4.78, 5) is 11.9. The van der Waals surface area contributed by atoms with Crippen LogP contribution >= 0.6 is 15.9 Å². The molecule has 0 heterocycles. The van der Waals surface area contributed by atoms with E-state index in [1.807, 2.05) is 0 Å². The molecule has 104 valence electrons. The van der Waals surface area contributed by atoms with Gasteiger partial charge in [0.1, 0.15) is 0 Å². The minimum atomic E-state index is -1.49. The Morgan fingerprint density at radius 3 is 2.10 bits per heavy atom. The molecule has 0 aliphatic heterocycles. The van der Waals surface area contributed by atoms with Crippen molar-refractivity contribution in [3.8, 4) is 0 Å². The average molecular weight is 343 g/mol. The minimum Gasteiger partial charge on any atom is -0.294 e. The van der Waals surface area contributed by atoms with E-state index >= 15 is 0 Å². The normalized spacial score (nSPS) is 10.6. The van der Waals surface area contributed by atoms with Gasteiger partial charge in [0.05, 0.1) is 0 Å². The van der Waals surface area contributed by atoms with Crippen LogP contribution in [0.4, 0.5) is 13.2 Å². The molecule has 0 saturated heterocycles. The van der Waals surface area contributed by atoms with Gasteiger partial charge in [-0.2, -0.15) is 0 Å². The molecule has 2 aromatic rings. The molecule has 0 unspecified atom stereocenters. The first-order valence-corrected chi connectivity index (χ1v) is 6.69. The summed E-state index contributed by atoms with van der Waals surface area (Å²) in [6.45, 7) is 0. The third-order valence-electron chi connectivity index (χ3n) is 2.85. The van der Waals surface area contributed by atoms with Gasteiger partial charge in [-0.1, -0.05) is 28.1 Å². The van der Waals surface area contributed by atoms with Crippen molar-refractivity contribution < 1.29 is 18.0 Å². The fourth-order valence-corrected chi connectivity index (χ4v) is 2.05. The van der Waals surface area contributed by atoms with Gasteiger partial charge in [-0.05, 0) is 36.2 Å². The summed E-state index contributed by atoms with van der Waals surface area (Å²) in [7, 11) is 0. The second-order valence-corrected chi connectivity index (χ2v) is 5.22. The summed E-state index contributed by atoms with van der Waals surface area (Å²) in [5.41, 5.74) is 0.781. The fourth-order valence-electron chi connectivity index (χ4n) is 1.79. The Bertz CT molecular complexity index is 615. The number of rotatable bonds is 4. The molecule has 0 N–H and O–H groups in total. The maximum Gasteiger partial charge on any atom is 0.194 e. The van der Waals surface area contributed by atoms with E-state index < -0.39 is 17.5 Å². The van der Waals surface area contributed by atoms with E-state index in [4.69, 9.17) is 0 Å². The van der Waals surface area contributed by atoms with Crippen LogP contribution in [0, 0.1) is 17.5 Å². The lowest BCUT2D eigenvalue weighted by atomic mass is 10.0. The highest BCUT2D eigenvalue weighted by atomic mass is 79.9. The second-order valence-electron chi connectivity index (χ2n) is 4.30. The molecule has 0 aliphatic rings. The van der Waals surface area contributed by atoms with Gasteiger partial charge in [-0.15, -0.1) is 0 Å². The molecule has 0 saturated carbocycles. The van der Waals surface area contributed by atoms with Crippen molar-refractivity contribution in [3.63, 3.8) is 0 Å². The fraction of sp³-hybridized carbons (Fsp3) is 0.133. The van der Waals surface area contributed by atoms with E-state index in [1.165, 1.54) is 0 Å². The van der Waals surface area contributed by atoms with Gasteiger partial charge in [0.2, 0.25) is 0 Å². The molecule has 0 spiro atoms. The molecule has 0 aliphatic carbocycles. The Hall–Kier alpha value is -1.62. The molecule has 0 bridgehead atoms. The van der Waals surface area contributed by atoms with Crippen LogP contribution in [0.1, 0.15) is 22.3 Å². The van der Waals surface area contributed by atoms with Gasteiger partial charge in [-0.25, -0.2) is 13.2 Å². The first-order valence-electron chi connectivity index (χ1n) is 5.89. The van der Waals surface area contributed by atoms with Crippen molar-refractivity contribution in [2.75, 3.05) is 0 Å². The number of ketones is 1. The highest BCUT2D eigenvalue weighted by molar-refractivity contribution is 9.10. The van der Waals surface area contributed by atoms with Crippen LogP contribution < -0.4 is 0 Å². The highest BCUT2D eigenvalue weighted by Crippen LogP contribution is 2.17. The lowest BCUT2D eigenvalue weighted by molar-refractivity contribution is 0.0982. The van der Waals surface area contributed by atoms with Crippen LogP contribution in [0.5, 0.6) is 0 Å². The largest absolute Gasteiger partial charge is 0.294 e. The lowest BCUT2D eigenvalue weighted by Gasteiger charge is -2.04. The Morgan fingerprint density at radius 1 is 1.00 bits per heavy atom. The zero-order valence-electron chi connectivity index (χ0n) is 10.3. The summed E-state index contributed by atoms with van der Waals surface area (Å²) in [6, 6.07) is 8.63. The van der Waals surface area contributed by atoms with E-state index in [2.05, 4.69) is 15.9 Å². The zero-order chi connectivity index (χ0) is 14.7. The van der Waals surface area contributed by atoms with Crippen LogP contribution in [0.3, 0.4) is 0 Å². The Morgan fingerprint density at radius 2 is 1.55 bits per heavy atom. The van der Waals surface area contributed by atoms with Gasteiger partial charge >= 0.3 is 0 Å². The predicted octanol–water partition coefficient (Wildman–Crippen LogP) is 4.68. The molecule has 0 atom stereocenters. The number of aryl methyl sites for hydroxylation is 1. The van der Waals surface area contributed by atoms with Gasteiger partial charge < -0.3 is 0 Å². The first kappa shape index (κ1) is 14.8. The molecule has 1 nitrogen and oxygen atoms in total. The molecule has 0 fully saturated rings. The van der Waals surface area contributed by atoms with Crippen LogP contribution in [-0.2, 0) is 6.42 Å². The Labute approximate surface area is 122 Å². The van der Waals surface area contributed by atoms with Gasteiger partial charge in [-0.3, -0.25) is 4.79 Å². The first-order chi connectivity index (χ1) is 9.47. The van der Waals surface area contributed by atoms with Crippen molar-refractivity contribution in [1.82, 2.24) is 0 Å². The third-order valence-corrected chi connectivity index (χ3v) is 3.38. The smallest absolute Gasteiger partial charge is 0.194 e. The number of benzene rings is 2. The maximum absolute atomic E-state index is 13.0. The van der Waals surface area contributed by atoms with Crippen molar-refractivity contribution >= 4 is 21.7 Å². The van der Waals surface area contributed by atoms with Crippen molar-refractivity contribution in [2.45, 2.75) is 12.8 Å². The summed E-state index contributed by atoms with van der Waals surface area (Å²) in [5.74, 6) is -4.11. The van der Waals surface area contributed by atoms with Crippen molar-refractivity contribution in [1.29, 1.82) is 0 Å². The number of Topliss-reactive ketones (excluding diaryl/α,β-unsaturated/α-hetero) is 1. The third kappa shape index (κ3) is 3.48. The summed E-state index contributed by atoms with van der Waals surface area (Å²) in [6.07, 6.45) is 0.259. The quantitative estimate of drug-likeness (QED) is 0.582. The molecular weight excluding hydrogens is 333 g/mol. The monoisotopic (exact) mass is 342 g/mol. The topological polar surface area (TPSA) is 17.1 Å². The van der Waals surface area contributed by atoms with Crippen LogP contribution in [0.25, 0.3) is 0 Å². The predicted molar refractivity (Wildman–Crippen MR) is 73.1 cm³/mol.